The Hall–Kier alpha value is -2.86. The molecule has 0 spiro atoms. The molecular weight excluding hydrogens is 533 g/mol. The average molecular weight is 569 g/mol. The number of aromatic nitrogens is 1. The van der Waals surface area contributed by atoms with Crippen LogP contribution in [0, 0.1) is 17.7 Å². The molecule has 2 saturated heterocycles. The van der Waals surface area contributed by atoms with E-state index in [4.69, 9.17) is 9.72 Å². The summed E-state index contributed by atoms with van der Waals surface area (Å²) in [6.07, 6.45) is 0.189. The van der Waals surface area contributed by atoms with Gasteiger partial charge in [0.25, 0.3) is 11.8 Å². The van der Waals surface area contributed by atoms with Gasteiger partial charge in [0.05, 0.1) is 24.4 Å². The monoisotopic (exact) mass is 568 g/mol. The number of hydrogen-bond donors (Lipinski definition) is 1. The molecule has 0 radical (unpaired) electrons. The molecule has 2 aliphatic heterocycles. The van der Waals surface area contributed by atoms with Crippen molar-refractivity contribution in [1.29, 1.82) is 0 Å². The van der Waals surface area contributed by atoms with Crippen LogP contribution in [0.1, 0.15) is 57.8 Å². The first-order chi connectivity index (χ1) is 18.1. The molecule has 0 unspecified atom stereocenters. The standard InChI is InChI=1S/C27H35F3N4O4S/c1-17(2)15-38-21-11-19(10-20(28)12-21)23-7-6-22(24(31-23)34-14-18(3)13-26(34,4)5)25(35)32-39(36,37)33-9-8-27(29,30)16-33/h6-7,10-12,17-18H,8-9,13-16H2,1-5H3,(H,32,35)/t18-/m0/s1. The molecule has 3 heterocycles. The van der Waals surface area contributed by atoms with Crippen LogP contribution < -0.4 is 14.4 Å². The van der Waals surface area contributed by atoms with Gasteiger partial charge in [-0.3, -0.25) is 4.79 Å². The van der Waals surface area contributed by atoms with Crippen LogP contribution in [0.5, 0.6) is 5.75 Å². The smallest absolute Gasteiger partial charge is 0.304 e. The summed E-state index contributed by atoms with van der Waals surface area (Å²) in [5.74, 6) is -3.56. The van der Waals surface area contributed by atoms with Gasteiger partial charge < -0.3 is 9.64 Å². The molecule has 0 bridgehead atoms. The second kappa shape index (κ2) is 10.6. The third-order valence-corrected chi connectivity index (χ3v) is 8.33. The maximum atomic E-state index is 14.5. The molecule has 39 heavy (non-hydrogen) atoms. The van der Waals surface area contributed by atoms with Gasteiger partial charge in [0, 0.05) is 36.7 Å². The van der Waals surface area contributed by atoms with E-state index in [1.165, 1.54) is 24.3 Å². The van der Waals surface area contributed by atoms with Crippen molar-refractivity contribution in [1.82, 2.24) is 14.0 Å². The third kappa shape index (κ3) is 6.66. The maximum Gasteiger partial charge on any atom is 0.304 e. The lowest BCUT2D eigenvalue weighted by Gasteiger charge is -2.34. The van der Waals surface area contributed by atoms with Gasteiger partial charge in [-0.15, -0.1) is 0 Å². The van der Waals surface area contributed by atoms with Crippen molar-refractivity contribution < 1.29 is 31.1 Å². The normalized spacial score (nSPS) is 20.9. The number of alkyl halides is 2. The van der Waals surface area contributed by atoms with Gasteiger partial charge in [-0.1, -0.05) is 20.8 Å². The summed E-state index contributed by atoms with van der Waals surface area (Å²) in [5, 5.41) is 0. The SMILES string of the molecule is CC(C)COc1cc(F)cc(-c2ccc(C(=O)NS(=O)(=O)N3CCC(F)(F)C3)c(N3C[C@@H](C)CC3(C)C)n2)c1. The molecule has 2 fully saturated rings. The number of carbonyl (C=O) groups excluding carboxylic acids is 1. The summed E-state index contributed by atoms with van der Waals surface area (Å²) in [5.41, 5.74) is 0.360. The van der Waals surface area contributed by atoms with E-state index in [0.717, 1.165) is 6.42 Å². The molecule has 0 aliphatic carbocycles. The highest BCUT2D eigenvalue weighted by atomic mass is 32.2. The number of rotatable bonds is 8. The predicted octanol–water partition coefficient (Wildman–Crippen LogP) is 4.86. The van der Waals surface area contributed by atoms with E-state index in [2.05, 4.69) is 6.92 Å². The van der Waals surface area contributed by atoms with E-state index >= 15 is 0 Å². The molecule has 2 aromatic rings. The topological polar surface area (TPSA) is 91.8 Å². The summed E-state index contributed by atoms with van der Waals surface area (Å²) in [6.45, 7) is 9.59. The van der Waals surface area contributed by atoms with E-state index in [1.807, 2.05) is 37.3 Å². The third-order valence-electron chi connectivity index (χ3n) is 6.89. The Morgan fingerprint density at radius 1 is 1.23 bits per heavy atom. The summed E-state index contributed by atoms with van der Waals surface area (Å²) in [4.78, 5) is 20.0. The fraction of sp³-hybridized carbons (Fsp3) is 0.556. The molecule has 1 atom stereocenters. The molecule has 12 heteroatoms. The van der Waals surface area contributed by atoms with Crippen LogP contribution in [-0.4, -0.2) is 61.3 Å². The Kier molecular flexibility index (Phi) is 7.92. The van der Waals surface area contributed by atoms with Crippen LogP contribution in [0.15, 0.2) is 30.3 Å². The number of hydrogen-bond acceptors (Lipinski definition) is 6. The van der Waals surface area contributed by atoms with Crippen molar-refractivity contribution in [3.8, 4) is 17.0 Å². The first kappa shape index (κ1) is 29.1. The molecule has 1 aromatic heterocycles. The molecule has 8 nitrogen and oxygen atoms in total. The van der Waals surface area contributed by atoms with Gasteiger partial charge in [-0.2, -0.15) is 12.7 Å². The average Bonchev–Trinajstić information content (AvgIpc) is 3.33. The fourth-order valence-electron chi connectivity index (χ4n) is 5.15. The molecule has 0 saturated carbocycles. The highest BCUT2D eigenvalue weighted by Gasteiger charge is 2.44. The van der Waals surface area contributed by atoms with Gasteiger partial charge in [-0.25, -0.2) is 22.9 Å². The zero-order valence-electron chi connectivity index (χ0n) is 22.8. The number of carbonyl (C=O) groups is 1. The second-order valence-electron chi connectivity index (χ2n) is 11.6. The minimum Gasteiger partial charge on any atom is -0.493 e. The van der Waals surface area contributed by atoms with E-state index in [1.54, 1.807) is 6.07 Å². The van der Waals surface area contributed by atoms with E-state index < -0.39 is 52.9 Å². The zero-order chi connectivity index (χ0) is 28.8. The lowest BCUT2D eigenvalue weighted by atomic mass is 9.97. The van der Waals surface area contributed by atoms with E-state index in [9.17, 15) is 26.4 Å². The summed E-state index contributed by atoms with van der Waals surface area (Å²) < 4.78 is 75.5. The van der Waals surface area contributed by atoms with Crippen molar-refractivity contribution in [3.63, 3.8) is 0 Å². The van der Waals surface area contributed by atoms with E-state index in [0.29, 0.717) is 34.5 Å². The van der Waals surface area contributed by atoms with Crippen molar-refractivity contribution in [2.45, 2.75) is 58.9 Å². The summed E-state index contributed by atoms with van der Waals surface area (Å²) in [7, 11) is -4.50. The second-order valence-corrected chi connectivity index (χ2v) is 13.2. The minimum absolute atomic E-state index is 0.0249. The van der Waals surface area contributed by atoms with Crippen molar-refractivity contribution in [3.05, 3.63) is 41.7 Å². The number of halogens is 3. The van der Waals surface area contributed by atoms with Crippen LogP contribution in [0.3, 0.4) is 0 Å². The molecule has 1 amide bonds. The Morgan fingerprint density at radius 2 is 1.95 bits per heavy atom. The van der Waals surface area contributed by atoms with Gasteiger partial charge in [-0.05, 0) is 56.4 Å². The maximum absolute atomic E-state index is 14.5. The number of nitrogens with one attached hydrogen (secondary N) is 1. The predicted molar refractivity (Wildman–Crippen MR) is 143 cm³/mol. The van der Waals surface area contributed by atoms with Crippen molar-refractivity contribution >= 4 is 21.9 Å². The fourth-order valence-corrected chi connectivity index (χ4v) is 6.32. The van der Waals surface area contributed by atoms with Gasteiger partial charge >= 0.3 is 10.2 Å². The molecule has 2 aliphatic rings. The van der Waals surface area contributed by atoms with Crippen LogP contribution in [0.25, 0.3) is 11.3 Å². The summed E-state index contributed by atoms with van der Waals surface area (Å²) >= 11 is 0. The highest BCUT2D eigenvalue weighted by Crippen LogP contribution is 2.39. The van der Waals surface area contributed by atoms with Crippen LogP contribution >= 0.6 is 0 Å². The minimum atomic E-state index is -4.50. The molecular formula is C27H35F3N4O4S. The Morgan fingerprint density at radius 3 is 2.54 bits per heavy atom. The molecule has 1 N–H and O–H groups in total. The number of pyridine rings is 1. The van der Waals surface area contributed by atoms with Crippen LogP contribution in [0.4, 0.5) is 19.0 Å². The number of amides is 1. The van der Waals surface area contributed by atoms with Crippen molar-refractivity contribution in [2.24, 2.45) is 11.8 Å². The van der Waals surface area contributed by atoms with Gasteiger partial charge in [0.15, 0.2) is 0 Å². The van der Waals surface area contributed by atoms with Crippen molar-refractivity contribution in [2.75, 3.05) is 31.1 Å². The number of anilines is 1. The highest BCUT2D eigenvalue weighted by molar-refractivity contribution is 7.87. The lowest BCUT2D eigenvalue weighted by molar-refractivity contribution is 0.0182. The van der Waals surface area contributed by atoms with Crippen LogP contribution in [0.2, 0.25) is 0 Å². The Balaban J connectivity index is 1.72. The largest absolute Gasteiger partial charge is 0.493 e. The number of ether oxygens (including phenoxy) is 1. The quantitative estimate of drug-likeness (QED) is 0.489. The molecule has 1 aromatic carbocycles. The lowest BCUT2D eigenvalue weighted by Crippen LogP contribution is -2.44. The van der Waals surface area contributed by atoms with Gasteiger partial charge in [0.2, 0.25) is 0 Å². The summed E-state index contributed by atoms with van der Waals surface area (Å²) in [6, 6.07) is 7.19. The molecule has 214 valence electrons. The number of benzene rings is 1. The number of nitrogens with zero attached hydrogens (tertiary/aromatic N) is 3. The zero-order valence-corrected chi connectivity index (χ0v) is 23.6. The first-order valence-electron chi connectivity index (χ1n) is 13.0. The van der Waals surface area contributed by atoms with E-state index in [-0.39, 0.29) is 23.2 Å². The molecule has 4 rings (SSSR count). The Labute approximate surface area is 227 Å². The Bertz CT molecular complexity index is 1350. The first-order valence-corrected chi connectivity index (χ1v) is 14.4. The van der Waals surface area contributed by atoms with Gasteiger partial charge in [0.1, 0.15) is 17.4 Å². The van der Waals surface area contributed by atoms with Crippen LogP contribution in [-0.2, 0) is 10.2 Å².